The first kappa shape index (κ1) is 18.9. The van der Waals surface area contributed by atoms with Gasteiger partial charge in [0.15, 0.2) is 17.3 Å². The zero-order valence-corrected chi connectivity index (χ0v) is 15.5. The van der Waals surface area contributed by atoms with Crippen LogP contribution in [0.3, 0.4) is 0 Å². The van der Waals surface area contributed by atoms with Gasteiger partial charge in [-0.05, 0) is 23.8 Å². The Morgan fingerprint density at radius 1 is 1.10 bits per heavy atom. The first-order valence-electron chi connectivity index (χ1n) is 8.73. The van der Waals surface area contributed by atoms with Crippen LogP contribution in [0.4, 0.5) is 4.39 Å². The van der Waals surface area contributed by atoms with Crippen LogP contribution in [0.2, 0.25) is 0 Å². The largest absolute Gasteiger partial charge is 0.463 e. The first-order chi connectivity index (χ1) is 14.6. The third-order valence-corrected chi connectivity index (χ3v) is 4.51. The Bertz CT molecular complexity index is 1300. The molecule has 2 aromatic heterocycles. The summed E-state index contributed by atoms with van der Waals surface area (Å²) in [5.41, 5.74) is 2.87. The van der Waals surface area contributed by atoms with E-state index in [2.05, 4.69) is 21.7 Å². The number of imidazole rings is 1. The van der Waals surface area contributed by atoms with Crippen LogP contribution >= 0.6 is 0 Å². The lowest BCUT2D eigenvalue weighted by Gasteiger charge is -2.10. The molecule has 0 amide bonds. The fourth-order valence-corrected chi connectivity index (χ4v) is 3.26. The highest BCUT2D eigenvalue weighted by atomic mass is 19.1. The van der Waals surface area contributed by atoms with E-state index in [4.69, 9.17) is 25.5 Å². The van der Waals surface area contributed by atoms with Crippen LogP contribution in [-0.2, 0) is 0 Å². The van der Waals surface area contributed by atoms with Crippen molar-refractivity contribution >= 4 is 29.7 Å². The molecule has 0 atom stereocenters. The predicted octanol–water partition coefficient (Wildman–Crippen LogP) is 4.54. The summed E-state index contributed by atoms with van der Waals surface area (Å²) in [5, 5.41) is 26.5. The van der Waals surface area contributed by atoms with E-state index in [1.165, 1.54) is 6.07 Å². The fourth-order valence-electron chi connectivity index (χ4n) is 3.26. The molecule has 0 aliphatic rings. The van der Waals surface area contributed by atoms with Crippen LogP contribution in [0.5, 0.6) is 5.75 Å². The van der Waals surface area contributed by atoms with Gasteiger partial charge in [-0.3, -0.25) is 0 Å². The molecule has 0 unspecified atom stereocenters. The Morgan fingerprint density at radius 2 is 1.93 bits per heavy atom. The zero-order valence-electron chi connectivity index (χ0n) is 15.5. The van der Waals surface area contributed by atoms with E-state index in [-0.39, 0.29) is 22.8 Å². The van der Waals surface area contributed by atoms with E-state index >= 15 is 4.39 Å². The second kappa shape index (κ2) is 7.55. The van der Waals surface area contributed by atoms with Crippen molar-refractivity contribution in [1.29, 1.82) is 16.2 Å². The van der Waals surface area contributed by atoms with E-state index in [9.17, 15) is 0 Å². The van der Waals surface area contributed by atoms with Crippen LogP contribution in [0.15, 0.2) is 47.7 Å². The number of fused-ring (bicyclic) bond motifs is 1. The quantitative estimate of drug-likeness (QED) is 0.266. The molecule has 8 nitrogen and oxygen atoms in total. The number of hydrogen-bond acceptors (Lipinski definition) is 7. The molecule has 4 N–H and O–H groups in total. The normalized spacial score (nSPS) is 10.7. The van der Waals surface area contributed by atoms with Gasteiger partial charge in [0.2, 0.25) is 0 Å². The van der Waals surface area contributed by atoms with Gasteiger partial charge in [0.05, 0.1) is 35.3 Å². The molecule has 30 heavy (non-hydrogen) atoms. The number of rotatable bonds is 7. The minimum atomic E-state index is -0.597. The number of ether oxygens (including phenoxy) is 1. The number of hydrogen-bond donors (Lipinski definition) is 4. The molecule has 4 rings (SSSR count). The van der Waals surface area contributed by atoms with Gasteiger partial charge in [0.25, 0.3) is 0 Å². The summed E-state index contributed by atoms with van der Waals surface area (Å²) >= 11 is 0. The van der Waals surface area contributed by atoms with E-state index in [0.29, 0.717) is 33.5 Å². The number of nitrogens with zero attached hydrogens (tertiary/aromatic N) is 2. The van der Waals surface area contributed by atoms with Crippen LogP contribution in [0, 0.1) is 22.0 Å². The molecule has 0 fully saturated rings. The van der Waals surface area contributed by atoms with Gasteiger partial charge in [0, 0.05) is 17.3 Å². The third-order valence-electron chi connectivity index (χ3n) is 4.51. The maximum atomic E-state index is 15.2. The van der Waals surface area contributed by atoms with Crippen molar-refractivity contribution in [2.75, 3.05) is 0 Å². The van der Waals surface area contributed by atoms with Crippen molar-refractivity contribution in [2.45, 2.75) is 0 Å². The Labute approximate surface area is 169 Å². The second-order valence-corrected chi connectivity index (χ2v) is 6.18. The second-order valence-electron chi connectivity index (χ2n) is 6.18. The Balaban J connectivity index is 2.07. The van der Waals surface area contributed by atoms with Gasteiger partial charge in [-0.2, -0.15) is 0 Å². The summed E-state index contributed by atoms with van der Waals surface area (Å²) < 4.78 is 25.5. The molecule has 0 saturated heterocycles. The van der Waals surface area contributed by atoms with Gasteiger partial charge in [-0.25, -0.2) is 9.37 Å². The number of benzene rings is 2. The van der Waals surface area contributed by atoms with Crippen molar-refractivity contribution in [2.24, 2.45) is 0 Å². The summed E-state index contributed by atoms with van der Waals surface area (Å²) in [4.78, 5) is 7.38. The van der Waals surface area contributed by atoms with Crippen molar-refractivity contribution in [1.82, 2.24) is 15.1 Å². The van der Waals surface area contributed by atoms with Crippen LogP contribution in [0.25, 0.3) is 33.3 Å². The molecule has 4 aromatic rings. The summed E-state index contributed by atoms with van der Waals surface area (Å²) in [6.07, 6.45) is 4.21. The fraction of sp³-hybridized carbons (Fsp3) is 0. The smallest absolute Gasteiger partial charge is 0.185 e. The average molecular weight is 402 g/mol. The Kier molecular flexibility index (Phi) is 4.77. The Morgan fingerprint density at radius 3 is 2.63 bits per heavy atom. The minimum Gasteiger partial charge on any atom is -0.463 e. The van der Waals surface area contributed by atoms with Crippen molar-refractivity contribution in [3.05, 3.63) is 66.3 Å². The zero-order chi connectivity index (χ0) is 21.3. The first-order valence-corrected chi connectivity index (χ1v) is 8.73. The van der Waals surface area contributed by atoms with Crippen molar-refractivity contribution < 1.29 is 13.7 Å². The molecule has 0 spiro atoms. The van der Waals surface area contributed by atoms with Crippen LogP contribution in [0.1, 0.15) is 17.3 Å². The SMILES string of the molecule is C=COc1cccc(-c2cc(-c3c(C=N)noc3C=N)cc3[nH]c(C=N)nc23)c1F. The third kappa shape index (κ3) is 2.98. The van der Waals surface area contributed by atoms with Gasteiger partial charge in [-0.1, -0.05) is 23.9 Å². The van der Waals surface area contributed by atoms with Crippen molar-refractivity contribution in [3.8, 4) is 28.0 Å². The summed E-state index contributed by atoms with van der Waals surface area (Å²) in [6.45, 7) is 3.46. The topological polar surface area (TPSA) is 135 Å². The van der Waals surface area contributed by atoms with E-state index in [0.717, 1.165) is 24.9 Å². The van der Waals surface area contributed by atoms with E-state index < -0.39 is 5.82 Å². The molecular weight excluding hydrogens is 387 g/mol. The molecule has 0 saturated carbocycles. The number of aromatic amines is 1. The van der Waals surface area contributed by atoms with Crippen LogP contribution in [-0.4, -0.2) is 33.8 Å². The summed E-state index contributed by atoms with van der Waals surface area (Å²) in [6, 6.07) is 8.12. The maximum Gasteiger partial charge on any atom is 0.185 e. The molecule has 0 aliphatic heterocycles. The highest BCUT2D eigenvalue weighted by Crippen LogP contribution is 2.38. The molecule has 148 valence electrons. The van der Waals surface area contributed by atoms with E-state index in [1.54, 1.807) is 24.3 Å². The number of aromatic nitrogens is 3. The maximum absolute atomic E-state index is 15.2. The highest BCUT2D eigenvalue weighted by molar-refractivity contribution is 6.02. The van der Waals surface area contributed by atoms with Crippen LogP contribution < -0.4 is 4.74 Å². The number of nitrogens with one attached hydrogen (secondary N) is 4. The van der Waals surface area contributed by atoms with E-state index in [1.807, 2.05) is 0 Å². The number of halogens is 1. The molecular formula is C21H15FN6O2. The average Bonchev–Trinajstić information content (AvgIpc) is 3.38. The molecule has 2 aromatic carbocycles. The molecule has 2 heterocycles. The lowest BCUT2D eigenvalue weighted by atomic mass is 9.96. The van der Waals surface area contributed by atoms with Gasteiger partial charge in [-0.15, -0.1) is 0 Å². The van der Waals surface area contributed by atoms with Gasteiger partial charge in [0.1, 0.15) is 11.5 Å². The van der Waals surface area contributed by atoms with Gasteiger partial charge < -0.3 is 30.5 Å². The summed E-state index contributed by atoms with van der Waals surface area (Å²) in [5.74, 6) is -0.128. The van der Waals surface area contributed by atoms with Gasteiger partial charge >= 0.3 is 0 Å². The molecule has 0 bridgehead atoms. The lowest BCUT2D eigenvalue weighted by molar-refractivity contribution is 0.414. The number of H-pyrrole nitrogens is 1. The Hall–Kier alpha value is -4.40. The lowest BCUT2D eigenvalue weighted by Crippen LogP contribution is -1.94. The standard InChI is InChI=1S/C21H15FN6O2/c1-2-29-16-5-3-4-12(20(16)22)13-6-11(7-14-21(13)27-18(10-25)26-14)19-15(8-23)28-30-17(19)9-24/h2-10,23-25H,1H2,(H,26,27). The molecule has 0 aliphatic carbocycles. The molecule has 0 radical (unpaired) electrons. The highest BCUT2D eigenvalue weighted by Gasteiger charge is 2.21. The monoisotopic (exact) mass is 402 g/mol. The minimum absolute atomic E-state index is 0.00852. The van der Waals surface area contributed by atoms with Crippen molar-refractivity contribution in [3.63, 3.8) is 0 Å². The summed E-state index contributed by atoms with van der Waals surface area (Å²) in [7, 11) is 0. The predicted molar refractivity (Wildman–Crippen MR) is 111 cm³/mol. The molecule has 9 heteroatoms.